The number of imide groups is 1. The molecule has 0 bridgehead atoms. The molecule has 4 unspecified atom stereocenters. The number of hydrogen-bond donors (Lipinski definition) is 0. The maximum atomic E-state index is 13.8. The number of imidazole rings is 1. The molecule has 4 atom stereocenters. The predicted octanol–water partition coefficient (Wildman–Crippen LogP) is 3.10. The van der Waals surface area contributed by atoms with E-state index in [1.807, 2.05) is 0 Å². The zero-order chi connectivity index (χ0) is 31.8. The Kier molecular flexibility index (Phi) is 7.58. The maximum Gasteiger partial charge on any atom is 0.400 e. The lowest BCUT2D eigenvalue weighted by molar-refractivity contribution is -0.0595. The summed E-state index contributed by atoms with van der Waals surface area (Å²) in [6, 6.07) is 24.7. The third kappa shape index (κ3) is 5.41. The molecule has 4 heterocycles. The van der Waals surface area contributed by atoms with Crippen LogP contribution in [0.4, 0.5) is 5.82 Å². The fraction of sp³-hybridized carbons (Fsp3) is 0.161. The van der Waals surface area contributed by atoms with Crippen LogP contribution in [-0.4, -0.2) is 70.6 Å². The summed E-state index contributed by atoms with van der Waals surface area (Å²) in [5.41, 5.74) is 0.922. The minimum atomic E-state index is -4.40. The van der Waals surface area contributed by atoms with Gasteiger partial charge in [-0.25, -0.2) is 33.0 Å². The van der Waals surface area contributed by atoms with Gasteiger partial charge in [0.1, 0.15) is 25.1 Å². The van der Waals surface area contributed by atoms with Crippen LogP contribution in [0, 0.1) is 0 Å². The average Bonchev–Trinajstić information content (AvgIpc) is 3.75. The van der Waals surface area contributed by atoms with Gasteiger partial charge in [-0.05, 0) is 36.4 Å². The van der Waals surface area contributed by atoms with Crippen LogP contribution in [-0.2, 0) is 28.2 Å². The van der Waals surface area contributed by atoms with E-state index in [1.165, 1.54) is 10.9 Å². The van der Waals surface area contributed by atoms with E-state index in [2.05, 4.69) is 15.0 Å². The normalized spacial score (nSPS) is 21.5. The summed E-state index contributed by atoms with van der Waals surface area (Å²) in [7, 11) is -4.40. The number of benzene rings is 3. The summed E-state index contributed by atoms with van der Waals surface area (Å²) in [4.78, 5) is 54.1. The van der Waals surface area contributed by atoms with Crippen molar-refractivity contribution in [3.8, 4) is 0 Å². The number of rotatable bonds is 7. The second-order valence-corrected chi connectivity index (χ2v) is 11.5. The van der Waals surface area contributed by atoms with Gasteiger partial charge in [-0.3, -0.25) is 14.2 Å². The molecule has 0 spiro atoms. The standard InChI is InChI=1S/C31H23N5O9S/c37-28(19-10-4-1-5-11-19)36(29(38)20-12-6-2-7-13-20)27-23-26(32-17-33-27)35(18-34-23)30-25-24(44-46(40,41)45-25)22(43-30)16-42-31(39)21-14-8-3-9-15-21/h1-15,17-18,22,24-25,30H,16H2. The molecule has 232 valence electrons. The number of anilines is 1. The summed E-state index contributed by atoms with van der Waals surface area (Å²) < 4.78 is 48.0. The van der Waals surface area contributed by atoms with E-state index in [9.17, 15) is 22.8 Å². The number of fused-ring (bicyclic) bond motifs is 2. The van der Waals surface area contributed by atoms with E-state index in [0.717, 1.165) is 11.2 Å². The number of nitrogens with zero attached hydrogens (tertiary/aromatic N) is 5. The molecule has 2 amide bonds. The van der Waals surface area contributed by atoms with Crippen molar-refractivity contribution in [3.05, 3.63) is 120 Å². The Morgan fingerprint density at radius 2 is 1.33 bits per heavy atom. The summed E-state index contributed by atoms with van der Waals surface area (Å²) in [5, 5.41) is 0. The Morgan fingerprint density at radius 1 is 0.761 bits per heavy atom. The molecule has 0 aliphatic carbocycles. The second-order valence-electron chi connectivity index (χ2n) is 10.3. The van der Waals surface area contributed by atoms with Crippen molar-refractivity contribution in [3.63, 3.8) is 0 Å². The Balaban J connectivity index is 1.24. The largest absolute Gasteiger partial charge is 0.459 e. The molecule has 0 radical (unpaired) electrons. The van der Waals surface area contributed by atoms with E-state index in [0.29, 0.717) is 5.56 Å². The molecule has 2 fully saturated rings. The first-order chi connectivity index (χ1) is 22.3. The van der Waals surface area contributed by atoms with Crippen molar-refractivity contribution in [2.45, 2.75) is 24.5 Å². The monoisotopic (exact) mass is 641 g/mol. The molecule has 0 N–H and O–H groups in total. The van der Waals surface area contributed by atoms with Crippen LogP contribution in [0.1, 0.15) is 37.3 Å². The summed E-state index contributed by atoms with van der Waals surface area (Å²) in [6.45, 7) is -0.345. The molecule has 2 aliphatic heterocycles. The molecule has 2 saturated heterocycles. The van der Waals surface area contributed by atoms with Crippen LogP contribution < -0.4 is 4.90 Å². The molecule has 15 heteroatoms. The van der Waals surface area contributed by atoms with Gasteiger partial charge >= 0.3 is 16.4 Å². The molecule has 0 saturated carbocycles. The molecule has 2 aromatic heterocycles. The third-order valence-electron chi connectivity index (χ3n) is 7.40. The third-order valence-corrected chi connectivity index (χ3v) is 8.32. The van der Waals surface area contributed by atoms with Gasteiger partial charge < -0.3 is 9.47 Å². The van der Waals surface area contributed by atoms with E-state index in [4.69, 9.17) is 17.8 Å². The van der Waals surface area contributed by atoms with Gasteiger partial charge in [0.2, 0.25) is 0 Å². The number of hydrogen-bond acceptors (Lipinski definition) is 12. The molecule has 5 aromatic rings. The Bertz CT molecular complexity index is 1990. The van der Waals surface area contributed by atoms with Crippen LogP contribution in [0.2, 0.25) is 0 Å². The molecular formula is C31H23N5O9S. The van der Waals surface area contributed by atoms with E-state index < -0.39 is 52.7 Å². The van der Waals surface area contributed by atoms with Crippen LogP contribution >= 0.6 is 0 Å². The van der Waals surface area contributed by atoms with E-state index in [-0.39, 0.29) is 34.7 Å². The lowest BCUT2D eigenvalue weighted by Gasteiger charge is -2.21. The molecule has 3 aromatic carbocycles. The predicted molar refractivity (Wildman–Crippen MR) is 159 cm³/mol. The number of aromatic nitrogens is 4. The fourth-order valence-electron chi connectivity index (χ4n) is 5.29. The molecule has 2 aliphatic rings. The zero-order valence-electron chi connectivity index (χ0n) is 23.7. The van der Waals surface area contributed by atoms with Crippen LogP contribution in [0.15, 0.2) is 104 Å². The van der Waals surface area contributed by atoms with Crippen molar-refractivity contribution in [1.82, 2.24) is 19.5 Å². The first-order valence-electron chi connectivity index (χ1n) is 14.0. The Morgan fingerprint density at radius 3 is 1.93 bits per heavy atom. The van der Waals surface area contributed by atoms with Gasteiger partial charge in [0, 0.05) is 11.1 Å². The highest BCUT2D eigenvalue weighted by atomic mass is 32.3. The Labute approximate surface area is 261 Å². The fourth-order valence-corrected chi connectivity index (χ4v) is 6.32. The summed E-state index contributed by atoms with van der Waals surface area (Å²) >= 11 is 0. The van der Waals surface area contributed by atoms with Crippen molar-refractivity contribution in [2.24, 2.45) is 0 Å². The van der Waals surface area contributed by atoms with Gasteiger partial charge in [-0.15, -0.1) is 0 Å². The molecule has 46 heavy (non-hydrogen) atoms. The highest BCUT2D eigenvalue weighted by Gasteiger charge is 2.57. The summed E-state index contributed by atoms with van der Waals surface area (Å²) in [6.07, 6.45) is -2.13. The maximum absolute atomic E-state index is 13.8. The van der Waals surface area contributed by atoms with Crippen LogP contribution in [0.25, 0.3) is 11.2 Å². The topological polar surface area (TPSA) is 169 Å². The van der Waals surface area contributed by atoms with Gasteiger partial charge in [-0.2, -0.15) is 8.42 Å². The number of carbonyl (C=O) groups is 3. The molecular weight excluding hydrogens is 618 g/mol. The van der Waals surface area contributed by atoms with Crippen molar-refractivity contribution in [1.29, 1.82) is 0 Å². The smallest absolute Gasteiger partial charge is 0.400 e. The first kappa shape index (κ1) is 29.4. The van der Waals surface area contributed by atoms with E-state index >= 15 is 0 Å². The van der Waals surface area contributed by atoms with Gasteiger partial charge in [-0.1, -0.05) is 54.6 Å². The minimum Gasteiger partial charge on any atom is -0.459 e. The summed E-state index contributed by atoms with van der Waals surface area (Å²) in [5.74, 6) is -2.05. The number of carbonyl (C=O) groups excluding carboxylic acids is 3. The average molecular weight is 642 g/mol. The quantitative estimate of drug-likeness (QED) is 0.188. The molecule has 14 nitrogen and oxygen atoms in total. The highest BCUT2D eigenvalue weighted by Crippen LogP contribution is 2.41. The highest BCUT2D eigenvalue weighted by molar-refractivity contribution is 7.82. The number of esters is 1. The molecule has 7 rings (SSSR count). The van der Waals surface area contributed by atoms with Crippen molar-refractivity contribution >= 4 is 45.2 Å². The minimum absolute atomic E-state index is 0.0527. The number of ether oxygens (including phenoxy) is 2. The van der Waals surface area contributed by atoms with Crippen molar-refractivity contribution < 1.29 is 40.6 Å². The van der Waals surface area contributed by atoms with Gasteiger partial charge in [0.25, 0.3) is 11.8 Å². The SMILES string of the molecule is O=C(OCC1OC(n2cnc3c(N(C(=O)c4ccccc4)C(=O)c4ccccc4)ncnc32)C2OS(=O)(=O)OC12)c1ccccc1. The van der Waals surface area contributed by atoms with Gasteiger partial charge in [0.05, 0.1) is 11.9 Å². The van der Waals surface area contributed by atoms with Crippen molar-refractivity contribution in [2.75, 3.05) is 11.5 Å². The van der Waals surface area contributed by atoms with Crippen LogP contribution in [0.5, 0.6) is 0 Å². The lowest BCUT2D eigenvalue weighted by Crippen LogP contribution is -2.38. The van der Waals surface area contributed by atoms with E-state index in [1.54, 1.807) is 91.0 Å². The lowest BCUT2D eigenvalue weighted by atomic mass is 10.1. The second kappa shape index (κ2) is 11.9. The van der Waals surface area contributed by atoms with Crippen LogP contribution in [0.3, 0.4) is 0 Å². The zero-order valence-corrected chi connectivity index (χ0v) is 24.5. The van der Waals surface area contributed by atoms with Gasteiger partial charge in [0.15, 0.2) is 29.3 Å². The number of amides is 2. The first-order valence-corrected chi connectivity index (χ1v) is 15.3. The Hall–Kier alpha value is -5.35.